The maximum absolute atomic E-state index is 11.3. The van der Waals surface area contributed by atoms with Gasteiger partial charge in [-0.25, -0.2) is 0 Å². The summed E-state index contributed by atoms with van der Waals surface area (Å²) in [5.41, 5.74) is 3.46. The zero-order valence-electron chi connectivity index (χ0n) is 11.5. The Kier molecular flexibility index (Phi) is 6.04. The van der Waals surface area contributed by atoms with Gasteiger partial charge in [0.2, 0.25) is 0 Å². The quantitative estimate of drug-likeness (QED) is 0.504. The summed E-state index contributed by atoms with van der Waals surface area (Å²) in [7, 11) is 0. The molecule has 0 N–H and O–H groups in total. The third kappa shape index (κ3) is 3.70. The molecular weight excluding hydrogens is 408 g/mol. The van der Waals surface area contributed by atoms with Crippen LogP contribution in [0.4, 0.5) is 0 Å². The number of hydrogen-bond donors (Lipinski definition) is 0. The second-order valence-electron chi connectivity index (χ2n) is 4.41. The number of halogens is 2. The lowest BCUT2D eigenvalue weighted by Gasteiger charge is -2.13. The average molecular weight is 420 g/mol. The Balaban J connectivity index is 2.67. The van der Waals surface area contributed by atoms with Crippen LogP contribution in [0.15, 0.2) is 63.6 Å². The molecule has 0 aromatic heterocycles. The number of carbonyl (C=O) groups excluding carboxylic acids is 2. The summed E-state index contributed by atoms with van der Waals surface area (Å²) in [6.07, 6.45) is 4.67. The molecule has 0 saturated heterocycles. The molecule has 0 amide bonds. The Morgan fingerprint density at radius 2 is 1.68 bits per heavy atom. The summed E-state index contributed by atoms with van der Waals surface area (Å²) in [5.74, 6) is 0. The highest BCUT2D eigenvalue weighted by Crippen LogP contribution is 2.35. The van der Waals surface area contributed by atoms with E-state index in [2.05, 4.69) is 31.9 Å². The predicted octanol–water partition coefficient (Wildman–Crippen LogP) is 5.01. The van der Waals surface area contributed by atoms with Crippen LogP contribution in [-0.2, 0) is 9.59 Å². The molecule has 110 valence electrons. The van der Waals surface area contributed by atoms with Gasteiger partial charge in [0, 0.05) is 10.0 Å². The summed E-state index contributed by atoms with van der Waals surface area (Å²) in [5, 5.41) is 0. The second-order valence-corrected chi connectivity index (χ2v) is 6.06. The average Bonchev–Trinajstić information content (AvgIpc) is 2.56. The van der Waals surface area contributed by atoms with E-state index in [-0.39, 0.29) is 0 Å². The van der Waals surface area contributed by atoms with Gasteiger partial charge in [0.15, 0.2) is 6.29 Å². The molecule has 4 heteroatoms. The van der Waals surface area contributed by atoms with E-state index in [0.717, 1.165) is 39.3 Å². The molecule has 2 aromatic rings. The number of hydrogen-bond acceptors (Lipinski definition) is 2. The third-order valence-electron chi connectivity index (χ3n) is 3.06. The number of benzene rings is 2. The van der Waals surface area contributed by atoms with Crippen molar-refractivity contribution in [2.45, 2.75) is 0 Å². The molecule has 22 heavy (non-hydrogen) atoms. The van der Waals surface area contributed by atoms with Crippen molar-refractivity contribution in [3.05, 3.63) is 80.3 Å². The van der Waals surface area contributed by atoms with Crippen molar-refractivity contribution < 1.29 is 9.59 Å². The van der Waals surface area contributed by atoms with E-state index in [0.29, 0.717) is 4.48 Å². The normalized spacial score (nSPS) is 12.1. The molecule has 0 aliphatic rings. The molecule has 0 aliphatic carbocycles. The summed E-state index contributed by atoms with van der Waals surface area (Å²) < 4.78 is 1.29. The molecule has 0 bridgehead atoms. The molecule has 2 nitrogen and oxygen atoms in total. The van der Waals surface area contributed by atoms with Crippen molar-refractivity contribution in [3.63, 3.8) is 0 Å². The Labute approximate surface area is 145 Å². The van der Waals surface area contributed by atoms with Gasteiger partial charge in [0.1, 0.15) is 6.29 Å². The molecule has 0 atom stereocenters. The summed E-state index contributed by atoms with van der Waals surface area (Å²) >= 11 is 6.91. The highest BCUT2D eigenvalue weighted by Gasteiger charge is 2.14. The zero-order valence-corrected chi connectivity index (χ0v) is 14.7. The van der Waals surface area contributed by atoms with E-state index < -0.39 is 0 Å². The van der Waals surface area contributed by atoms with Crippen LogP contribution >= 0.6 is 31.9 Å². The van der Waals surface area contributed by atoms with Gasteiger partial charge < -0.3 is 0 Å². The minimum Gasteiger partial charge on any atom is -0.299 e. The molecule has 0 saturated carbocycles. The van der Waals surface area contributed by atoms with Crippen LogP contribution in [0.25, 0.3) is 11.6 Å². The van der Waals surface area contributed by atoms with Crippen molar-refractivity contribution in [3.8, 4) is 0 Å². The zero-order chi connectivity index (χ0) is 15.9. The molecule has 2 rings (SSSR count). The van der Waals surface area contributed by atoms with E-state index in [4.69, 9.17) is 0 Å². The molecule has 0 aliphatic heterocycles. The third-order valence-corrected chi connectivity index (χ3v) is 4.53. The lowest BCUT2D eigenvalue weighted by molar-refractivity contribution is -0.104. The Morgan fingerprint density at radius 1 is 0.955 bits per heavy atom. The van der Waals surface area contributed by atoms with Gasteiger partial charge in [-0.3, -0.25) is 9.59 Å². The van der Waals surface area contributed by atoms with Gasteiger partial charge in [-0.05, 0) is 54.6 Å². The summed E-state index contributed by atoms with van der Waals surface area (Å²) in [6, 6.07) is 15.4. The first kappa shape index (κ1) is 16.6. The van der Waals surface area contributed by atoms with E-state index in [1.165, 1.54) is 6.08 Å². The van der Waals surface area contributed by atoms with Crippen LogP contribution in [-0.4, -0.2) is 12.6 Å². The van der Waals surface area contributed by atoms with Crippen LogP contribution < -0.4 is 0 Å². The summed E-state index contributed by atoms with van der Waals surface area (Å²) in [4.78, 5) is 21.8. The molecule has 0 spiro atoms. The van der Waals surface area contributed by atoms with Crippen LogP contribution in [0.2, 0.25) is 0 Å². The van der Waals surface area contributed by atoms with Crippen molar-refractivity contribution in [2.75, 3.05) is 0 Å². The molecule has 0 fully saturated rings. The maximum Gasteiger partial charge on any atom is 0.157 e. The fourth-order valence-electron chi connectivity index (χ4n) is 2.10. The molecule has 0 radical (unpaired) electrons. The van der Waals surface area contributed by atoms with Crippen molar-refractivity contribution in [1.29, 1.82) is 0 Å². The van der Waals surface area contributed by atoms with E-state index in [9.17, 15) is 9.59 Å². The van der Waals surface area contributed by atoms with Gasteiger partial charge >= 0.3 is 0 Å². The number of rotatable bonds is 5. The van der Waals surface area contributed by atoms with E-state index in [1.54, 1.807) is 6.08 Å². The molecule has 0 heterocycles. The first-order valence-corrected chi connectivity index (χ1v) is 8.08. The van der Waals surface area contributed by atoms with Gasteiger partial charge in [0.25, 0.3) is 0 Å². The van der Waals surface area contributed by atoms with Gasteiger partial charge in [0.05, 0.1) is 4.48 Å². The summed E-state index contributed by atoms with van der Waals surface area (Å²) in [6.45, 7) is 0. The van der Waals surface area contributed by atoms with Gasteiger partial charge in [-0.1, -0.05) is 54.6 Å². The molecule has 0 unspecified atom stereocenters. The van der Waals surface area contributed by atoms with Crippen LogP contribution in [0.1, 0.15) is 16.7 Å². The number of aldehydes is 2. The second kappa shape index (κ2) is 8.01. The van der Waals surface area contributed by atoms with Crippen molar-refractivity contribution in [2.24, 2.45) is 0 Å². The minimum absolute atomic E-state index is 0.468. The fraction of sp³-hybridized carbons (Fsp3) is 0. The monoisotopic (exact) mass is 418 g/mol. The minimum atomic E-state index is 0.468. The van der Waals surface area contributed by atoms with Crippen molar-refractivity contribution in [1.82, 2.24) is 0 Å². The topological polar surface area (TPSA) is 34.1 Å². The first-order chi connectivity index (χ1) is 10.7. The fourth-order valence-corrected chi connectivity index (χ4v) is 3.14. The number of carbonyl (C=O) groups is 2. The van der Waals surface area contributed by atoms with Crippen molar-refractivity contribution >= 4 is 56.1 Å². The first-order valence-electron chi connectivity index (χ1n) is 6.50. The standard InChI is InChI=1S/C18H12Br2O2/c19-16(12-22)17(13-6-2-1-3-7-13)15-10-4-8-14(18(15)20)9-5-11-21/h1-12H/b9-5+,17-16-. The predicted molar refractivity (Wildman–Crippen MR) is 96.7 cm³/mol. The lowest BCUT2D eigenvalue weighted by Crippen LogP contribution is -1.94. The molecule has 2 aromatic carbocycles. The highest BCUT2D eigenvalue weighted by molar-refractivity contribution is 9.12. The smallest absolute Gasteiger partial charge is 0.157 e. The Bertz CT molecular complexity index is 747. The maximum atomic E-state index is 11.3. The Morgan fingerprint density at radius 3 is 2.32 bits per heavy atom. The Hall–Kier alpha value is -1.78. The van der Waals surface area contributed by atoms with E-state index >= 15 is 0 Å². The van der Waals surface area contributed by atoms with Crippen LogP contribution in [0, 0.1) is 0 Å². The van der Waals surface area contributed by atoms with E-state index in [1.807, 2.05) is 48.5 Å². The highest BCUT2D eigenvalue weighted by atomic mass is 79.9. The van der Waals surface area contributed by atoms with Gasteiger partial charge in [-0.15, -0.1) is 0 Å². The lowest BCUT2D eigenvalue weighted by atomic mass is 9.96. The van der Waals surface area contributed by atoms with Crippen LogP contribution in [0.5, 0.6) is 0 Å². The largest absolute Gasteiger partial charge is 0.299 e. The SMILES string of the molecule is O=C/C=C/c1cccc(/C(=C(\Br)C=O)c2ccccc2)c1Br. The molecular formula is C18H12Br2O2. The van der Waals surface area contributed by atoms with Gasteiger partial charge in [-0.2, -0.15) is 0 Å². The van der Waals surface area contributed by atoms with Crippen LogP contribution in [0.3, 0.4) is 0 Å². The number of allylic oxidation sites excluding steroid dienone is 2.